The van der Waals surface area contributed by atoms with Gasteiger partial charge in [-0.15, -0.1) is 0 Å². The minimum absolute atomic E-state index is 0.179. The van der Waals surface area contributed by atoms with Crippen LogP contribution in [0.3, 0.4) is 0 Å². The molecule has 0 aliphatic carbocycles. The van der Waals surface area contributed by atoms with Gasteiger partial charge in [0, 0.05) is 31.3 Å². The summed E-state index contributed by atoms with van der Waals surface area (Å²) >= 11 is 0. The summed E-state index contributed by atoms with van der Waals surface area (Å²) in [4.78, 5) is 13.0. The Morgan fingerprint density at radius 1 is 1.38 bits per heavy atom. The lowest BCUT2D eigenvalue weighted by Gasteiger charge is -2.32. The Hall–Kier alpha value is -1.46. The van der Waals surface area contributed by atoms with Crippen LogP contribution < -0.4 is 5.32 Å². The molecule has 0 bridgehead atoms. The molecule has 5 heteroatoms. The third-order valence-corrected chi connectivity index (χ3v) is 4.19. The molecule has 5 nitrogen and oxygen atoms in total. The van der Waals surface area contributed by atoms with E-state index in [1.54, 1.807) is 18.2 Å². The lowest BCUT2D eigenvalue weighted by molar-refractivity contribution is -0.384. The third kappa shape index (κ3) is 4.79. The highest BCUT2D eigenvalue weighted by Crippen LogP contribution is 2.19. The van der Waals surface area contributed by atoms with Gasteiger partial charge in [-0.2, -0.15) is 0 Å². The average molecular weight is 291 g/mol. The molecule has 1 aromatic rings. The van der Waals surface area contributed by atoms with Crippen molar-refractivity contribution in [1.82, 2.24) is 10.2 Å². The van der Waals surface area contributed by atoms with E-state index in [0.29, 0.717) is 6.04 Å². The van der Waals surface area contributed by atoms with Crippen molar-refractivity contribution < 1.29 is 4.92 Å². The fourth-order valence-electron chi connectivity index (χ4n) is 2.86. The molecule has 1 heterocycles. The predicted molar refractivity (Wildman–Crippen MR) is 84.2 cm³/mol. The van der Waals surface area contributed by atoms with Crippen molar-refractivity contribution in [3.05, 3.63) is 39.9 Å². The van der Waals surface area contributed by atoms with Crippen molar-refractivity contribution in [2.75, 3.05) is 19.6 Å². The summed E-state index contributed by atoms with van der Waals surface area (Å²) in [6.07, 6.45) is 2.44. The fourth-order valence-corrected chi connectivity index (χ4v) is 2.86. The maximum Gasteiger partial charge on any atom is 0.269 e. The zero-order valence-electron chi connectivity index (χ0n) is 12.9. The van der Waals surface area contributed by atoms with Crippen LogP contribution in [-0.4, -0.2) is 35.5 Å². The second kappa shape index (κ2) is 7.52. The highest BCUT2D eigenvalue weighted by Gasteiger charge is 2.19. The average Bonchev–Trinajstić information content (AvgIpc) is 2.48. The highest BCUT2D eigenvalue weighted by atomic mass is 16.6. The van der Waals surface area contributed by atoms with E-state index in [0.717, 1.165) is 37.7 Å². The van der Waals surface area contributed by atoms with E-state index in [9.17, 15) is 10.1 Å². The van der Waals surface area contributed by atoms with Gasteiger partial charge in [-0.3, -0.25) is 15.0 Å². The molecule has 1 saturated heterocycles. The SMILES string of the molecule is CC(C)N(Cc1cccc([N+](=O)[O-])c1)CC1CCNCC1. The van der Waals surface area contributed by atoms with Gasteiger partial charge in [-0.1, -0.05) is 12.1 Å². The Morgan fingerprint density at radius 3 is 2.71 bits per heavy atom. The van der Waals surface area contributed by atoms with Crippen molar-refractivity contribution in [3.63, 3.8) is 0 Å². The lowest BCUT2D eigenvalue weighted by atomic mass is 9.96. The molecule has 116 valence electrons. The number of nitro benzene ring substituents is 1. The maximum atomic E-state index is 10.9. The summed E-state index contributed by atoms with van der Waals surface area (Å²) < 4.78 is 0. The van der Waals surface area contributed by atoms with Crippen LogP contribution >= 0.6 is 0 Å². The summed E-state index contributed by atoms with van der Waals surface area (Å²) in [6.45, 7) is 8.45. The van der Waals surface area contributed by atoms with Crippen molar-refractivity contribution in [3.8, 4) is 0 Å². The molecule has 1 aromatic carbocycles. The topological polar surface area (TPSA) is 58.4 Å². The summed E-state index contributed by atoms with van der Waals surface area (Å²) in [7, 11) is 0. The van der Waals surface area contributed by atoms with Crippen LogP contribution in [0.1, 0.15) is 32.3 Å². The number of benzene rings is 1. The molecule has 0 atom stereocenters. The molecule has 0 radical (unpaired) electrons. The highest BCUT2D eigenvalue weighted by molar-refractivity contribution is 5.34. The maximum absolute atomic E-state index is 10.9. The van der Waals surface area contributed by atoms with Crippen molar-refractivity contribution in [2.24, 2.45) is 5.92 Å². The third-order valence-electron chi connectivity index (χ3n) is 4.19. The molecule has 1 fully saturated rings. The monoisotopic (exact) mass is 291 g/mol. The summed E-state index contributed by atoms with van der Waals surface area (Å²) in [5.41, 5.74) is 1.20. The van der Waals surface area contributed by atoms with Gasteiger partial charge in [0.1, 0.15) is 0 Å². The summed E-state index contributed by atoms with van der Waals surface area (Å²) in [6, 6.07) is 7.44. The van der Waals surface area contributed by atoms with Crippen LogP contribution in [-0.2, 0) is 6.54 Å². The number of rotatable bonds is 6. The van der Waals surface area contributed by atoms with E-state index in [1.165, 1.54) is 12.8 Å². The largest absolute Gasteiger partial charge is 0.317 e. The first-order valence-corrected chi connectivity index (χ1v) is 7.74. The Labute approximate surface area is 126 Å². The quantitative estimate of drug-likeness (QED) is 0.647. The molecule has 0 unspecified atom stereocenters. The Morgan fingerprint density at radius 2 is 2.10 bits per heavy atom. The molecule has 1 aliphatic heterocycles. The lowest BCUT2D eigenvalue weighted by Crippen LogP contribution is -2.39. The van der Waals surface area contributed by atoms with Crippen LogP contribution in [0.2, 0.25) is 0 Å². The van der Waals surface area contributed by atoms with Crippen LogP contribution in [0.5, 0.6) is 0 Å². The van der Waals surface area contributed by atoms with Gasteiger partial charge in [0.05, 0.1) is 4.92 Å². The molecular formula is C16H25N3O2. The van der Waals surface area contributed by atoms with Gasteiger partial charge in [0.2, 0.25) is 0 Å². The zero-order chi connectivity index (χ0) is 15.2. The smallest absolute Gasteiger partial charge is 0.269 e. The minimum atomic E-state index is -0.323. The molecule has 21 heavy (non-hydrogen) atoms. The number of nitrogens with zero attached hydrogens (tertiary/aromatic N) is 2. The molecular weight excluding hydrogens is 266 g/mol. The molecule has 2 rings (SSSR count). The number of piperidine rings is 1. The van der Waals surface area contributed by atoms with Gasteiger partial charge < -0.3 is 5.32 Å². The van der Waals surface area contributed by atoms with Crippen molar-refractivity contribution in [1.29, 1.82) is 0 Å². The molecule has 1 N–H and O–H groups in total. The molecule has 1 aliphatic rings. The first-order valence-electron chi connectivity index (χ1n) is 7.74. The molecule has 0 amide bonds. The Balaban J connectivity index is 2.01. The first-order chi connectivity index (χ1) is 10.1. The van der Waals surface area contributed by atoms with Crippen molar-refractivity contribution in [2.45, 2.75) is 39.3 Å². The minimum Gasteiger partial charge on any atom is -0.317 e. The van der Waals surface area contributed by atoms with E-state index < -0.39 is 0 Å². The van der Waals surface area contributed by atoms with Gasteiger partial charge in [0.15, 0.2) is 0 Å². The van der Waals surface area contributed by atoms with Gasteiger partial charge in [0.25, 0.3) is 5.69 Å². The summed E-state index contributed by atoms with van der Waals surface area (Å²) in [5.74, 6) is 0.729. The van der Waals surface area contributed by atoms with Crippen molar-refractivity contribution >= 4 is 5.69 Å². The van der Waals surface area contributed by atoms with Crippen LogP contribution in [0.15, 0.2) is 24.3 Å². The number of non-ortho nitro benzene ring substituents is 1. The summed E-state index contributed by atoms with van der Waals surface area (Å²) in [5, 5.41) is 14.3. The van der Waals surface area contributed by atoms with Crippen LogP contribution in [0.4, 0.5) is 5.69 Å². The van der Waals surface area contributed by atoms with E-state index in [1.807, 2.05) is 6.07 Å². The number of hydrogen-bond acceptors (Lipinski definition) is 4. The van der Waals surface area contributed by atoms with E-state index >= 15 is 0 Å². The Bertz CT molecular complexity index is 470. The van der Waals surface area contributed by atoms with Crippen LogP contribution in [0.25, 0.3) is 0 Å². The van der Waals surface area contributed by atoms with E-state index in [4.69, 9.17) is 0 Å². The Kier molecular flexibility index (Phi) is 5.70. The second-order valence-corrected chi connectivity index (χ2v) is 6.14. The van der Waals surface area contributed by atoms with Gasteiger partial charge in [-0.05, 0) is 51.3 Å². The van der Waals surface area contributed by atoms with Gasteiger partial charge >= 0.3 is 0 Å². The standard InChI is InChI=1S/C16H25N3O2/c1-13(2)18(11-14-6-8-17-9-7-14)12-15-4-3-5-16(10-15)19(20)21/h3-5,10,13-14,17H,6-9,11-12H2,1-2H3. The van der Waals surface area contributed by atoms with E-state index in [-0.39, 0.29) is 10.6 Å². The predicted octanol–water partition coefficient (Wildman–Crippen LogP) is 2.80. The number of nitrogens with one attached hydrogen (secondary N) is 1. The molecule has 0 saturated carbocycles. The normalized spacial score (nSPS) is 16.6. The second-order valence-electron chi connectivity index (χ2n) is 6.14. The molecule has 0 spiro atoms. The zero-order valence-corrected chi connectivity index (χ0v) is 12.9. The van der Waals surface area contributed by atoms with Crippen LogP contribution in [0, 0.1) is 16.0 Å². The van der Waals surface area contributed by atoms with Gasteiger partial charge in [-0.25, -0.2) is 0 Å². The first kappa shape index (κ1) is 15.9. The number of nitro groups is 1. The van der Waals surface area contributed by atoms with E-state index in [2.05, 4.69) is 24.1 Å². The molecule has 0 aromatic heterocycles. The fraction of sp³-hybridized carbons (Fsp3) is 0.625. The number of hydrogen-bond donors (Lipinski definition) is 1.